The highest BCUT2D eigenvalue weighted by Gasteiger charge is 2.28. The molecular formula is C12H16ClNO. The van der Waals surface area contributed by atoms with Gasteiger partial charge in [-0.25, -0.2) is 0 Å². The van der Waals surface area contributed by atoms with Crippen LogP contribution in [0.5, 0.6) is 0 Å². The molecule has 0 radical (unpaired) electrons. The summed E-state index contributed by atoms with van der Waals surface area (Å²) in [5.74, 6) is 0. The maximum Gasteiger partial charge on any atom is 0.0558 e. The lowest BCUT2D eigenvalue weighted by Crippen LogP contribution is -2.28. The van der Waals surface area contributed by atoms with E-state index in [1.807, 2.05) is 18.2 Å². The minimum absolute atomic E-state index is 0.233. The van der Waals surface area contributed by atoms with Crippen molar-refractivity contribution in [3.8, 4) is 0 Å². The second-order valence-electron chi connectivity index (χ2n) is 4.06. The summed E-state index contributed by atoms with van der Waals surface area (Å²) in [4.78, 5) is 2.33. The van der Waals surface area contributed by atoms with Crippen LogP contribution in [-0.4, -0.2) is 29.2 Å². The summed E-state index contributed by atoms with van der Waals surface area (Å²) in [6, 6.07) is 8.61. The highest BCUT2D eigenvalue weighted by Crippen LogP contribution is 2.28. The molecule has 1 aliphatic rings. The molecule has 0 atom stereocenters. The van der Waals surface area contributed by atoms with Crippen molar-refractivity contribution in [2.75, 3.05) is 13.2 Å². The second-order valence-corrected chi connectivity index (χ2v) is 4.49. The van der Waals surface area contributed by atoms with Crippen molar-refractivity contribution in [1.29, 1.82) is 0 Å². The molecule has 0 aromatic heterocycles. The van der Waals surface area contributed by atoms with E-state index in [2.05, 4.69) is 11.0 Å². The molecular weight excluding hydrogens is 210 g/mol. The summed E-state index contributed by atoms with van der Waals surface area (Å²) in [6.07, 6.45) is 2.53. The number of rotatable bonds is 5. The molecule has 1 aliphatic carbocycles. The molecule has 1 N–H and O–H groups in total. The molecule has 0 heterocycles. The number of benzene rings is 1. The van der Waals surface area contributed by atoms with Crippen LogP contribution in [-0.2, 0) is 6.54 Å². The molecule has 2 rings (SSSR count). The molecule has 1 saturated carbocycles. The summed E-state index contributed by atoms with van der Waals surface area (Å²) < 4.78 is 0. The van der Waals surface area contributed by atoms with Gasteiger partial charge in [-0.15, -0.1) is 0 Å². The Morgan fingerprint density at radius 3 is 2.80 bits per heavy atom. The van der Waals surface area contributed by atoms with Crippen molar-refractivity contribution in [2.24, 2.45) is 0 Å². The van der Waals surface area contributed by atoms with Gasteiger partial charge in [0.05, 0.1) is 6.61 Å². The van der Waals surface area contributed by atoms with Gasteiger partial charge in [-0.2, -0.15) is 0 Å². The van der Waals surface area contributed by atoms with Crippen LogP contribution in [0.25, 0.3) is 0 Å². The average Bonchev–Trinajstić information content (AvgIpc) is 3.00. The Morgan fingerprint density at radius 1 is 1.40 bits per heavy atom. The molecule has 0 saturated heterocycles. The van der Waals surface area contributed by atoms with Crippen molar-refractivity contribution in [3.63, 3.8) is 0 Å². The Kier molecular flexibility index (Phi) is 3.62. The SMILES string of the molecule is OCCN(Cc1cccc(Cl)c1)C1CC1. The van der Waals surface area contributed by atoms with Gasteiger partial charge in [0.25, 0.3) is 0 Å². The van der Waals surface area contributed by atoms with Gasteiger partial charge in [0.1, 0.15) is 0 Å². The first-order valence-corrected chi connectivity index (χ1v) is 5.77. The van der Waals surface area contributed by atoms with E-state index >= 15 is 0 Å². The molecule has 3 heteroatoms. The standard InChI is InChI=1S/C12H16ClNO/c13-11-3-1-2-10(8-11)9-14(6-7-15)12-4-5-12/h1-3,8,12,15H,4-7,9H2. The van der Waals surface area contributed by atoms with Crippen LogP contribution in [0.3, 0.4) is 0 Å². The smallest absolute Gasteiger partial charge is 0.0558 e. The van der Waals surface area contributed by atoms with Crippen LogP contribution in [0.15, 0.2) is 24.3 Å². The van der Waals surface area contributed by atoms with Gasteiger partial charge in [0, 0.05) is 24.2 Å². The van der Waals surface area contributed by atoms with Crippen molar-refractivity contribution >= 4 is 11.6 Å². The quantitative estimate of drug-likeness (QED) is 0.831. The van der Waals surface area contributed by atoms with E-state index in [1.165, 1.54) is 18.4 Å². The Hall–Kier alpha value is -0.570. The highest BCUT2D eigenvalue weighted by atomic mass is 35.5. The van der Waals surface area contributed by atoms with Gasteiger partial charge in [-0.3, -0.25) is 4.90 Å². The summed E-state index contributed by atoms with van der Waals surface area (Å²) in [6.45, 7) is 1.89. The molecule has 0 spiro atoms. The van der Waals surface area contributed by atoms with Crippen molar-refractivity contribution in [3.05, 3.63) is 34.9 Å². The van der Waals surface area contributed by atoms with Gasteiger partial charge < -0.3 is 5.11 Å². The van der Waals surface area contributed by atoms with Crippen molar-refractivity contribution in [2.45, 2.75) is 25.4 Å². The number of hydrogen-bond acceptors (Lipinski definition) is 2. The van der Waals surface area contributed by atoms with Gasteiger partial charge in [0.2, 0.25) is 0 Å². The fourth-order valence-electron chi connectivity index (χ4n) is 1.83. The zero-order chi connectivity index (χ0) is 10.7. The largest absolute Gasteiger partial charge is 0.395 e. The first-order chi connectivity index (χ1) is 7.29. The van der Waals surface area contributed by atoms with Crippen molar-refractivity contribution < 1.29 is 5.11 Å². The molecule has 2 nitrogen and oxygen atoms in total. The van der Waals surface area contributed by atoms with Crippen LogP contribution in [0, 0.1) is 0 Å². The number of hydrogen-bond donors (Lipinski definition) is 1. The number of nitrogens with zero attached hydrogens (tertiary/aromatic N) is 1. The van der Waals surface area contributed by atoms with Crippen molar-refractivity contribution in [1.82, 2.24) is 4.90 Å². The number of aliphatic hydroxyl groups excluding tert-OH is 1. The molecule has 0 unspecified atom stereocenters. The second kappa shape index (κ2) is 4.97. The zero-order valence-electron chi connectivity index (χ0n) is 8.69. The Morgan fingerprint density at radius 2 is 2.20 bits per heavy atom. The summed E-state index contributed by atoms with van der Waals surface area (Å²) in [5.41, 5.74) is 1.22. The molecule has 1 aromatic carbocycles. The predicted octanol–water partition coefficient (Wildman–Crippen LogP) is 2.30. The Bertz CT molecular complexity index is 325. The third-order valence-corrected chi connectivity index (χ3v) is 2.96. The van der Waals surface area contributed by atoms with Gasteiger partial charge in [-0.1, -0.05) is 23.7 Å². The first kappa shape index (κ1) is 10.9. The minimum atomic E-state index is 0.233. The number of aliphatic hydroxyl groups is 1. The van der Waals surface area contributed by atoms with E-state index in [1.54, 1.807) is 0 Å². The van der Waals surface area contributed by atoms with Crippen LogP contribution in [0.4, 0.5) is 0 Å². The highest BCUT2D eigenvalue weighted by molar-refractivity contribution is 6.30. The molecule has 82 valence electrons. The van der Waals surface area contributed by atoms with Gasteiger partial charge in [-0.05, 0) is 30.5 Å². The Labute approximate surface area is 95.5 Å². The van der Waals surface area contributed by atoms with Crippen LogP contribution in [0.1, 0.15) is 18.4 Å². The monoisotopic (exact) mass is 225 g/mol. The molecule has 0 aliphatic heterocycles. The molecule has 0 bridgehead atoms. The lowest BCUT2D eigenvalue weighted by molar-refractivity contribution is 0.183. The maximum atomic E-state index is 8.98. The lowest BCUT2D eigenvalue weighted by atomic mass is 10.2. The summed E-state index contributed by atoms with van der Waals surface area (Å²) in [7, 11) is 0. The number of halogens is 1. The molecule has 1 aromatic rings. The van der Waals surface area contributed by atoms with Crippen LogP contribution < -0.4 is 0 Å². The van der Waals surface area contributed by atoms with Gasteiger partial charge in [0.15, 0.2) is 0 Å². The third-order valence-electron chi connectivity index (χ3n) is 2.73. The topological polar surface area (TPSA) is 23.5 Å². The average molecular weight is 226 g/mol. The zero-order valence-corrected chi connectivity index (χ0v) is 9.45. The third kappa shape index (κ3) is 3.20. The Balaban J connectivity index is 1.98. The molecule has 15 heavy (non-hydrogen) atoms. The molecule has 1 fully saturated rings. The first-order valence-electron chi connectivity index (χ1n) is 5.39. The summed E-state index contributed by atoms with van der Waals surface area (Å²) in [5, 5.41) is 9.76. The van der Waals surface area contributed by atoms with E-state index < -0.39 is 0 Å². The van der Waals surface area contributed by atoms with Crippen LogP contribution in [0.2, 0.25) is 5.02 Å². The van der Waals surface area contributed by atoms with E-state index in [-0.39, 0.29) is 6.61 Å². The fraction of sp³-hybridized carbons (Fsp3) is 0.500. The van der Waals surface area contributed by atoms with Gasteiger partial charge >= 0.3 is 0 Å². The maximum absolute atomic E-state index is 8.98. The predicted molar refractivity (Wildman–Crippen MR) is 62.0 cm³/mol. The normalized spacial score (nSPS) is 15.9. The van der Waals surface area contributed by atoms with Crippen LogP contribution >= 0.6 is 11.6 Å². The van der Waals surface area contributed by atoms with E-state index in [9.17, 15) is 0 Å². The van der Waals surface area contributed by atoms with E-state index in [0.29, 0.717) is 6.04 Å². The summed E-state index contributed by atoms with van der Waals surface area (Å²) >= 11 is 5.93. The fourth-order valence-corrected chi connectivity index (χ4v) is 2.04. The van der Waals surface area contributed by atoms with E-state index in [4.69, 9.17) is 16.7 Å². The molecule has 0 amide bonds. The minimum Gasteiger partial charge on any atom is -0.395 e. The lowest BCUT2D eigenvalue weighted by Gasteiger charge is -2.20. The van der Waals surface area contributed by atoms with E-state index in [0.717, 1.165) is 18.1 Å².